The molecule has 1 amide bonds. The Balaban J connectivity index is 1.98. The largest absolute Gasteiger partial charge is 0.487 e. The monoisotopic (exact) mass is 267 g/mol. The molecule has 0 saturated carbocycles. The Hall–Kier alpha value is -2.62. The summed E-state index contributed by atoms with van der Waals surface area (Å²) in [5.41, 5.74) is 3.51. The number of rotatable bonds is 0. The average molecular weight is 267 g/mol. The minimum atomic E-state index is -0.371. The highest BCUT2D eigenvalue weighted by atomic mass is 19.1. The van der Waals surface area contributed by atoms with Crippen LogP contribution in [0.2, 0.25) is 0 Å². The molecule has 20 heavy (non-hydrogen) atoms. The highest BCUT2D eigenvalue weighted by Gasteiger charge is 2.32. The molecule has 0 unspecified atom stereocenters. The lowest BCUT2D eigenvalue weighted by Gasteiger charge is -2.04. The Morgan fingerprint density at radius 3 is 2.85 bits per heavy atom. The molecule has 0 radical (unpaired) electrons. The van der Waals surface area contributed by atoms with Crippen molar-refractivity contribution >= 4 is 22.9 Å². The number of hydrogen-bond donors (Lipinski definition) is 1. The third kappa shape index (κ3) is 1.48. The van der Waals surface area contributed by atoms with E-state index in [4.69, 9.17) is 4.74 Å². The summed E-state index contributed by atoms with van der Waals surface area (Å²) in [6.07, 6.45) is 0. The van der Waals surface area contributed by atoms with E-state index in [0.717, 1.165) is 11.1 Å². The highest BCUT2D eigenvalue weighted by Crippen LogP contribution is 2.41. The third-order valence-corrected chi connectivity index (χ3v) is 3.59. The van der Waals surface area contributed by atoms with E-state index >= 15 is 0 Å². The number of anilines is 1. The van der Waals surface area contributed by atoms with Crippen molar-refractivity contribution in [3.05, 3.63) is 65.0 Å². The Kier molecular flexibility index (Phi) is 2.21. The lowest BCUT2D eigenvalue weighted by Crippen LogP contribution is -2.05. The lowest BCUT2D eigenvalue weighted by atomic mass is 10.0. The van der Waals surface area contributed by atoms with E-state index in [0.29, 0.717) is 29.2 Å². The minimum absolute atomic E-state index is 0.252. The van der Waals surface area contributed by atoms with Crippen LogP contribution in [0.4, 0.5) is 10.1 Å². The van der Waals surface area contributed by atoms with Crippen LogP contribution in [0.15, 0.2) is 42.5 Å². The van der Waals surface area contributed by atoms with Crippen LogP contribution >= 0.6 is 0 Å². The molecule has 2 aliphatic heterocycles. The highest BCUT2D eigenvalue weighted by molar-refractivity contribution is 6.36. The second kappa shape index (κ2) is 3.93. The first-order chi connectivity index (χ1) is 9.74. The molecule has 0 spiro atoms. The molecule has 0 atom stereocenters. The molecule has 3 nitrogen and oxygen atoms in total. The topological polar surface area (TPSA) is 38.3 Å². The van der Waals surface area contributed by atoms with Crippen molar-refractivity contribution in [2.75, 3.05) is 5.32 Å². The average Bonchev–Trinajstić information content (AvgIpc) is 2.99. The summed E-state index contributed by atoms with van der Waals surface area (Å²) in [4.78, 5) is 12.2. The van der Waals surface area contributed by atoms with E-state index in [-0.39, 0.29) is 11.7 Å². The number of ether oxygens (including phenoxy) is 1. The van der Waals surface area contributed by atoms with E-state index < -0.39 is 0 Å². The quantitative estimate of drug-likeness (QED) is 0.744. The van der Waals surface area contributed by atoms with E-state index in [1.165, 1.54) is 12.1 Å². The van der Waals surface area contributed by atoms with E-state index in [9.17, 15) is 9.18 Å². The number of carbonyl (C=O) groups is 1. The van der Waals surface area contributed by atoms with Crippen LogP contribution < -0.4 is 5.32 Å². The Bertz CT molecular complexity index is 780. The molecule has 2 heterocycles. The zero-order chi connectivity index (χ0) is 13.7. The molecule has 0 fully saturated rings. The first-order valence-electron chi connectivity index (χ1n) is 6.30. The van der Waals surface area contributed by atoms with Crippen molar-refractivity contribution in [1.29, 1.82) is 0 Å². The summed E-state index contributed by atoms with van der Waals surface area (Å²) in [5, 5.41) is 2.74. The summed E-state index contributed by atoms with van der Waals surface area (Å²) in [7, 11) is 0. The van der Waals surface area contributed by atoms with Crippen LogP contribution in [0.25, 0.3) is 11.3 Å². The zero-order valence-corrected chi connectivity index (χ0v) is 10.4. The smallest absolute Gasteiger partial charge is 0.260 e. The van der Waals surface area contributed by atoms with Gasteiger partial charge in [0.1, 0.15) is 18.2 Å². The van der Waals surface area contributed by atoms with Crippen LogP contribution in [-0.2, 0) is 16.1 Å². The number of benzene rings is 2. The summed E-state index contributed by atoms with van der Waals surface area (Å²) < 4.78 is 19.1. The molecular formula is C16H10FNO2. The first-order valence-corrected chi connectivity index (χ1v) is 6.30. The Morgan fingerprint density at radius 2 is 1.95 bits per heavy atom. The van der Waals surface area contributed by atoms with E-state index in [1.54, 1.807) is 6.07 Å². The molecule has 0 saturated heterocycles. The summed E-state index contributed by atoms with van der Waals surface area (Å²) in [5.74, 6) is -0.0932. The van der Waals surface area contributed by atoms with Crippen LogP contribution in [0, 0.1) is 5.82 Å². The van der Waals surface area contributed by atoms with Crippen LogP contribution in [-0.4, -0.2) is 5.91 Å². The first kappa shape index (κ1) is 11.2. The van der Waals surface area contributed by atoms with Crippen LogP contribution in [0.1, 0.15) is 16.7 Å². The normalized spacial score (nSPS) is 19.4. The van der Waals surface area contributed by atoms with Crippen molar-refractivity contribution in [2.24, 2.45) is 0 Å². The molecule has 0 bridgehead atoms. The molecule has 4 heteroatoms. The molecule has 2 aromatic rings. The zero-order valence-electron chi connectivity index (χ0n) is 10.4. The lowest BCUT2D eigenvalue weighted by molar-refractivity contribution is -0.110. The molecular weight excluding hydrogens is 257 g/mol. The Labute approximate surface area is 114 Å². The van der Waals surface area contributed by atoms with Crippen LogP contribution in [0.3, 0.4) is 0 Å². The van der Waals surface area contributed by atoms with Crippen molar-refractivity contribution in [3.8, 4) is 0 Å². The summed E-state index contributed by atoms with van der Waals surface area (Å²) >= 11 is 0. The van der Waals surface area contributed by atoms with Gasteiger partial charge in [-0.2, -0.15) is 0 Å². The van der Waals surface area contributed by atoms with Gasteiger partial charge in [-0.25, -0.2) is 4.39 Å². The number of amides is 1. The second-order valence-corrected chi connectivity index (χ2v) is 4.79. The number of nitrogens with one attached hydrogen (secondary N) is 1. The summed E-state index contributed by atoms with van der Waals surface area (Å²) in [6, 6.07) is 12.0. The fraction of sp³-hybridized carbons (Fsp3) is 0.0625. The van der Waals surface area contributed by atoms with Gasteiger partial charge in [0.2, 0.25) is 0 Å². The SMILES string of the molecule is O=C1Nc2ccc(F)cc2C1=C1OCc2ccccc21. The van der Waals surface area contributed by atoms with Crippen molar-refractivity contribution in [1.82, 2.24) is 0 Å². The van der Waals surface area contributed by atoms with Gasteiger partial charge >= 0.3 is 0 Å². The van der Waals surface area contributed by atoms with Gasteiger partial charge in [-0.3, -0.25) is 4.79 Å². The predicted molar refractivity (Wildman–Crippen MR) is 73.1 cm³/mol. The van der Waals surface area contributed by atoms with Gasteiger partial charge < -0.3 is 10.1 Å². The van der Waals surface area contributed by atoms with Gasteiger partial charge in [0, 0.05) is 22.4 Å². The molecule has 2 aliphatic rings. The fourth-order valence-corrected chi connectivity index (χ4v) is 2.67. The third-order valence-electron chi connectivity index (χ3n) is 3.59. The second-order valence-electron chi connectivity index (χ2n) is 4.79. The maximum absolute atomic E-state index is 13.4. The van der Waals surface area contributed by atoms with Gasteiger partial charge in [-0.15, -0.1) is 0 Å². The van der Waals surface area contributed by atoms with E-state index in [2.05, 4.69) is 5.32 Å². The number of carbonyl (C=O) groups excluding carboxylic acids is 1. The maximum Gasteiger partial charge on any atom is 0.260 e. The van der Waals surface area contributed by atoms with Gasteiger partial charge in [0.05, 0.1) is 5.57 Å². The minimum Gasteiger partial charge on any atom is -0.487 e. The van der Waals surface area contributed by atoms with Gasteiger partial charge in [-0.1, -0.05) is 24.3 Å². The molecule has 98 valence electrons. The Morgan fingerprint density at radius 1 is 1.10 bits per heavy atom. The predicted octanol–water partition coefficient (Wildman–Crippen LogP) is 3.18. The van der Waals surface area contributed by atoms with Crippen LogP contribution in [0.5, 0.6) is 0 Å². The molecule has 0 aliphatic carbocycles. The molecule has 4 rings (SSSR count). The molecule has 1 N–H and O–H groups in total. The van der Waals surface area contributed by atoms with Crippen molar-refractivity contribution in [3.63, 3.8) is 0 Å². The van der Waals surface area contributed by atoms with Gasteiger partial charge in [0.15, 0.2) is 0 Å². The molecule has 2 aromatic carbocycles. The number of hydrogen-bond acceptors (Lipinski definition) is 2. The van der Waals surface area contributed by atoms with Gasteiger partial charge in [-0.05, 0) is 18.2 Å². The van der Waals surface area contributed by atoms with Gasteiger partial charge in [0.25, 0.3) is 5.91 Å². The van der Waals surface area contributed by atoms with Crippen molar-refractivity contribution in [2.45, 2.75) is 6.61 Å². The fourth-order valence-electron chi connectivity index (χ4n) is 2.67. The van der Waals surface area contributed by atoms with Crippen molar-refractivity contribution < 1.29 is 13.9 Å². The number of fused-ring (bicyclic) bond motifs is 2. The summed E-state index contributed by atoms with van der Waals surface area (Å²) in [6.45, 7) is 0.437. The molecule has 0 aromatic heterocycles. The van der Waals surface area contributed by atoms with E-state index in [1.807, 2.05) is 24.3 Å². The standard InChI is InChI=1S/C16H10FNO2/c17-10-5-6-13-12(7-10)14(16(19)18-13)15-11-4-2-1-3-9(11)8-20-15/h1-7H,8H2,(H,18,19). The number of halogens is 1. The maximum atomic E-state index is 13.4.